The average molecular weight is 299 g/mol. The minimum atomic E-state index is -0.977. The minimum absolute atomic E-state index is 0.0561. The van der Waals surface area contributed by atoms with Gasteiger partial charge in [-0.1, -0.05) is 6.92 Å². The Morgan fingerprint density at radius 3 is 2.62 bits per heavy atom. The highest BCUT2D eigenvalue weighted by Crippen LogP contribution is 2.11. The maximum absolute atomic E-state index is 11.9. The van der Waals surface area contributed by atoms with Gasteiger partial charge in [0.15, 0.2) is 0 Å². The zero-order chi connectivity index (χ0) is 16.0. The molecule has 0 aliphatic carbocycles. The van der Waals surface area contributed by atoms with E-state index in [1.807, 2.05) is 0 Å². The number of carbonyl (C=O) groups excluding carboxylic acids is 4. The Kier molecular flexibility index (Phi) is 6.13. The highest BCUT2D eigenvalue weighted by molar-refractivity contribution is 5.93. The van der Waals surface area contributed by atoms with E-state index >= 15 is 0 Å². The van der Waals surface area contributed by atoms with Crippen LogP contribution in [-0.2, 0) is 23.9 Å². The second-order valence-corrected chi connectivity index (χ2v) is 5.01. The molecule has 21 heavy (non-hydrogen) atoms. The molecule has 118 valence electrons. The third-order valence-electron chi connectivity index (χ3n) is 3.25. The molecule has 0 saturated carbocycles. The summed E-state index contributed by atoms with van der Waals surface area (Å²) >= 11 is 0. The molecule has 4 N–H and O–H groups in total. The van der Waals surface area contributed by atoms with E-state index < -0.39 is 35.8 Å². The Balaban J connectivity index is 2.57. The van der Waals surface area contributed by atoms with Crippen LogP contribution in [0.1, 0.15) is 33.1 Å². The zero-order valence-corrected chi connectivity index (χ0v) is 12.2. The molecule has 1 fully saturated rings. The normalized spacial score (nSPS) is 20.3. The Bertz CT molecular complexity index is 438. The largest absolute Gasteiger partial charge is 0.466 e. The van der Waals surface area contributed by atoms with Gasteiger partial charge in [0.2, 0.25) is 17.7 Å². The van der Waals surface area contributed by atoms with Gasteiger partial charge in [0.25, 0.3) is 0 Å². The van der Waals surface area contributed by atoms with Crippen molar-refractivity contribution in [2.75, 3.05) is 6.61 Å². The summed E-state index contributed by atoms with van der Waals surface area (Å²) in [6.07, 6.45) is 0.711. The first-order chi connectivity index (χ1) is 9.85. The van der Waals surface area contributed by atoms with Gasteiger partial charge in [-0.3, -0.25) is 19.2 Å². The SMILES string of the molecule is CCOC(=O)[C@H](C)C[C@@H](NC(=O)[C@H]1CCC(=O)N1)C(N)=O. The van der Waals surface area contributed by atoms with Crippen LogP contribution in [0.5, 0.6) is 0 Å². The van der Waals surface area contributed by atoms with Gasteiger partial charge in [-0.25, -0.2) is 0 Å². The van der Waals surface area contributed by atoms with Crippen LogP contribution in [0.3, 0.4) is 0 Å². The van der Waals surface area contributed by atoms with Crippen LogP contribution < -0.4 is 16.4 Å². The average Bonchev–Trinajstić information content (AvgIpc) is 2.84. The van der Waals surface area contributed by atoms with E-state index in [9.17, 15) is 19.2 Å². The van der Waals surface area contributed by atoms with Crippen LogP contribution >= 0.6 is 0 Å². The number of rotatable bonds is 7. The molecule has 3 atom stereocenters. The number of nitrogens with one attached hydrogen (secondary N) is 2. The molecule has 0 spiro atoms. The van der Waals surface area contributed by atoms with E-state index in [0.717, 1.165) is 0 Å². The van der Waals surface area contributed by atoms with Gasteiger partial charge in [0.05, 0.1) is 12.5 Å². The maximum Gasteiger partial charge on any atom is 0.308 e. The Labute approximate surface area is 122 Å². The Morgan fingerprint density at radius 2 is 2.14 bits per heavy atom. The fraction of sp³-hybridized carbons (Fsp3) is 0.692. The van der Waals surface area contributed by atoms with E-state index in [2.05, 4.69) is 10.6 Å². The van der Waals surface area contributed by atoms with Crippen molar-refractivity contribution in [3.8, 4) is 0 Å². The first-order valence-electron chi connectivity index (χ1n) is 6.90. The van der Waals surface area contributed by atoms with Crippen LogP contribution in [0, 0.1) is 5.92 Å². The lowest BCUT2D eigenvalue weighted by molar-refractivity contribution is -0.148. The number of hydrogen-bond acceptors (Lipinski definition) is 5. The fourth-order valence-corrected chi connectivity index (χ4v) is 2.06. The first kappa shape index (κ1) is 16.9. The lowest BCUT2D eigenvalue weighted by Crippen LogP contribution is -2.51. The molecule has 0 radical (unpaired) electrons. The molecule has 0 unspecified atom stereocenters. The molecule has 1 heterocycles. The van der Waals surface area contributed by atoms with Crippen molar-refractivity contribution in [3.05, 3.63) is 0 Å². The van der Waals surface area contributed by atoms with Crippen LogP contribution in [-0.4, -0.2) is 42.4 Å². The first-order valence-corrected chi connectivity index (χ1v) is 6.90. The highest BCUT2D eigenvalue weighted by atomic mass is 16.5. The number of esters is 1. The molecule has 8 nitrogen and oxygen atoms in total. The van der Waals surface area contributed by atoms with Crippen molar-refractivity contribution in [1.29, 1.82) is 0 Å². The predicted octanol–water partition coefficient (Wildman–Crippen LogP) is -1.18. The second-order valence-electron chi connectivity index (χ2n) is 5.01. The molecule has 1 aliphatic rings. The zero-order valence-electron chi connectivity index (χ0n) is 12.2. The predicted molar refractivity (Wildman–Crippen MR) is 72.7 cm³/mol. The van der Waals surface area contributed by atoms with E-state index in [0.29, 0.717) is 6.42 Å². The molecule has 8 heteroatoms. The van der Waals surface area contributed by atoms with Gasteiger partial charge in [-0.15, -0.1) is 0 Å². The summed E-state index contributed by atoms with van der Waals surface area (Å²) in [5.74, 6) is -2.43. The van der Waals surface area contributed by atoms with Gasteiger partial charge in [0.1, 0.15) is 12.1 Å². The van der Waals surface area contributed by atoms with Crippen molar-refractivity contribution in [1.82, 2.24) is 10.6 Å². The summed E-state index contributed by atoms with van der Waals surface area (Å²) in [7, 11) is 0. The lowest BCUT2D eigenvalue weighted by atomic mass is 10.0. The van der Waals surface area contributed by atoms with Crippen LogP contribution in [0.4, 0.5) is 0 Å². The van der Waals surface area contributed by atoms with E-state index in [1.54, 1.807) is 13.8 Å². The smallest absolute Gasteiger partial charge is 0.308 e. The monoisotopic (exact) mass is 299 g/mol. The quantitative estimate of drug-likeness (QED) is 0.510. The van der Waals surface area contributed by atoms with Crippen molar-refractivity contribution in [3.63, 3.8) is 0 Å². The molecule has 0 aromatic heterocycles. The molecular formula is C13H21N3O5. The van der Waals surface area contributed by atoms with E-state index in [4.69, 9.17) is 10.5 Å². The number of primary amides is 1. The van der Waals surface area contributed by atoms with Gasteiger partial charge >= 0.3 is 5.97 Å². The topological polar surface area (TPSA) is 128 Å². The van der Waals surface area contributed by atoms with Crippen LogP contribution in [0.15, 0.2) is 0 Å². The summed E-state index contributed by atoms with van der Waals surface area (Å²) in [6.45, 7) is 3.52. The van der Waals surface area contributed by atoms with Crippen LogP contribution in [0.2, 0.25) is 0 Å². The molecule has 1 aliphatic heterocycles. The molecule has 0 aromatic rings. The van der Waals surface area contributed by atoms with Gasteiger partial charge in [-0.05, 0) is 19.8 Å². The van der Waals surface area contributed by atoms with Crippen molar-refractivity contribution in [2.24, 2.45) is 11.7 Å². The number of hydrogen-bond donors (Lipinski definition) is 3. The molecule has 1 rings (SSSR count). The van der Waals surface area contributed by atoms with Crippen molar-refractivity contribution >= 4 is 23.7 Å². The summed E-state index contributed by atoms with van der Waals surface area (Å²) in [6, 6.07) is -1.63. The summed E-state index contributed by atoms with van der Waals surface area (Å²) in [5, 5.41) is 4.97. The van der Waals surface area contributed by atoms with Crippen molar-refractivity contribution < 1.29 is 23.9 Å². The molecule has 1 saturated heterocycles. The van der Waals surface area contributed by atoms with Gasteiger partial charge in [-0.2, -0.15) is 0 Å². The number of amides is 3. The molecular weight excluding hydrogens is 278 g/mol. The van der Waals surface area contributed by atoms with Gasteiger partial charge in [0, 0.05) is 6.42 Å². The second kappa shape index (κ2) is 7.61. The van der Waals surface area contributed by atoms with E-state index in [-0.39, 0.29) is 25.4 Å². The summed E-state index contributed by atoms with van der Waals surface area (Å²) in [4.78, 5) is 45.9. The molecule has 0 aromatic carbocycles. The third-order valence-corrected chi connectivity index (χ3v) is 3.25. The van der Waals surface area contributed by atoms with Crippen molar-refractivity contribution in [2.45, 2.75) is 45.2 Å². The van der Waals surface area contributed by atoms with Gasteiger partial charge < -0.3 is 21.1 Å². The summed E-state index contributed by atoms with van der Waals surface area (Å²) in [5.41, 5.74) is 5.24. The van der Waals surface area contributed by atoms with Crippen LogP contribution in [0.25, 0.3) is 0 Å². The number of carbonyl (C=O) groups is 4. The highest BCUT2D eigenvalue weighted by Gasteiger charge is 2.31. The maximum atomic E-state index is 11.9. The lowest BCUT2D eigenvalue weighted by Gasteiger charge is -2.20. The number of nitrogens with two attached hydrogens (primary N) is 1. The minimum Gasteiger partial charge on any atom is -0.466 e. The Hall–Kier alpha value is -2.12. The Morgan fingerprint density at radius 1 is 1.48 bits per heavy atom. The standard InChI is InChI=1S/C13H21N3O5/c1-3-21-13(20)7(2)6-9(11(14)18)16-12(19)8-4-5-10(17)15-8/h7-9H,3-6H2,1-2H3,(H2,14,18)(H,15,17)(H,16,19)/t7-,8-,9-/m1/s1. The molecule has 0 bridgehead atoms. The van der Waals surface area contributed by atoms with E-state index in [1.165, 1.54) is 0 Å². The summed E-state index contributed by atoms with van der Waals surface area (Å²) < 4.78 is 4.84. The molecule has 3 amide bonds. The fourth-order valence-electron chi connectivity index (χ4n) is 2.06. The third kappa shape index (κ3) is 5.05. The number of ether oxygens (including phenoxy) is 1.